The summed E-state index contributed by atoms with van der Waals surface area (Å²) in [6, 6.07) is 66.0. The number of rotatable bonds is 7. The number of nitrogens with zero attached hydrogens (tertiary/aromatic N) is 1. The van der Waals surface area contributed by atoms with E-state index < -0.39 is 0 Å². The van der Waals surface area contributed by atoms with E-state index in [0.717, 1.165) is 44.2 Å². The summed E-state index contributed by atoms with van der Waals surface area (Å²) in [5.74, 6) is 0.501. The number of para-hydroxylation sites is 1. The maximum Gasteiger partial charge on any atom is 0.135 e. The SMILES string of the molecule is CN.NC(=NC(c1ccc(-c2cccc3sc4ccc(-c5cccc(-c6ccccc6)c5)cc4c23)cc1)c1ccc2oc3ccccc3c2c1)c1ccccc1. The van der Waals surface area contributed by atoms with E-state index >= 15 is 0 Å². The van der Waals surface area contributed by atoms with Crippen LogP contribution in [-0.4, -0.2) is 12.9 Å². The number of hydrogen-bond donors (Lipinski definition) is 2. The van der Waals surface area contributed by atoms with Gasteiger partial charge >= 0.3 is 0 Å². The van der Waals surface area contributed by atoms with Crippen molar-refractivity contribution in [3.05, 3.63) is 205 Å². The van der Waals surface area contributed by atoms with Crippen LogP contribution >= 0.6 is 11.3 Å². The molecule has 8 aromatic carbocycles. The molecule has 10 rings (SSSR count). The van der Waals surface area contributed by atoms with Crippen LogP contribution in [0.3, 0.4) is 0 Å². The first-order chi connectivity index (χ1) is 27.7. The van der Waals surface area contributed by atoms with Gasteiger partial charge in [-0.1, -0.05) is 146 Å². The van der Waals surface area contributed by atoms with Crippen molar-refractivity contribution in [3.8, 4) is 33.4 Å². The molecule has 0 amide bonds. The van der Waals surface area contributed by atoms with Gasteiger partial charge in [-0.15, -0.1) is 11.3 Å². The minimum Gasteiger partial charge on any atom is -0.456 e. The Hall–Kier alpha value is -6.79. The van der Waals surface area contributed by atoms with Crippen molar-refractivity contribution in [2.24, 2.45) is 16.5 Å². The zero-order valence-electron chi connectivity index (χ0n) is 30.9. The molecule has 0 fully saturated rings. The van der Waals surface area contributed by atoms with Crippen LogP contribution in [0.2, 0.25) is 0 Å². The molecule has 270 valence electrons. The molecule has 0 spiro atoms. The fourth-order valence-electron chi connectivity index (χ4n) is 7.68. The number of thiophene rings is 1. The van der Waals surface area contributed by atoms with Crippen molar-refractivity contribution in [2.45, 2.75) is 6.04 Å². The average molecular weight is 742 g/mol. The summed E-state index contributed by atoms with van der Waals surface area (Å²) in [7, 11) is 1.50. The fraction of sp³-hybridized carbons (Fsp3) is 0.0392. The maximum absolute atomic E-state index is 6.70. The van der Waals surface area contributed by atoms with Crippen molar-refractivity contribution < 1.29 is 4.42 Å². The van der Waals surface area contributed by atoms with E-state index in [-0.39, 0.29) is 6.04 Å². The number of amidine groups is 1. The molecule has 56 heavy (non-hydrogen) atoms. The Labute approximate surface area is 330 Å². The molecule has 4 nitrogen and oxygen atoms in total. The largest absolute Gasteiger partial charge is 0.456 e. The van der Waals surface area contributed by atoms with Crippen molar-refractivity contribution in [1.82, 2.24) is 0 Å². The van der Waals surface area contributed by atoms with Crippen LogP contribution in [-0.2, 0) is 0 Å². The van der Waals surface area contributed by atoms with Gasteiger partial charge in [0.25, 0.3) is 0 Å². The van der Waals surface area contributed by atoms with Gasteiger partial charge < -0.3 is 15.9 Å². The second kappa shape index (κ2) is 15.2. The van der Waals surface area contributed by atoms with Crippen molar-refractivity contribution in [2.75, 3.05) is 7.05 Å². The lowest BCUT2D eigenvalue weighted by atomic mass is 9.93. The topological polar surface area (TPSA) is 77.5 Å². The highest BCUT2D eigenvalue weighted by Crippen LogP contribution is 2.42. The highest BCUT2D eigenvalue weighted by molar-refractivity contribution is 7.26. The van der Waals surface area contributed by atoms with Gasteiger partial charge in [0.2, 0.25) is 0 Å². The molecular weight excluding hydrogens is 703 g/mol. The van der Waals surface area contributed by atoms with Gasteiger partial charge in [-0.2, -0.15) is 0 Å². The molecule has 0 saturated heterocycles. The average Bonchev–Trinajstić information content (AvgIpc) is 3.85. The van der Waals surface area contributed by atoms with Gasteiger partial charge in [0, 0.05) is 36.5 Å². The van der Waals surface area contributed by atoms with Gasteiger partial charge in [-0.25, -0.2) is 0 Å². The van der Waals surface area contributed by atoms with E-state index in [1.807, 2.05) is 59.9 Å². The number of nitrogens with two attached hydrogens (primary N) is 2. The van der Waals surface area contributed by atoms with Gasteiger partial charge in [0.15, 0.2) is 0 Å². The third-order valence-corrected chi connectivity index (χ3v) is 11.5. The van der Waals surface area contributed by atoms with E-state index in [1.165, 1.54) is 55.0 Å². The molecule has 0 saturated carbocycles. The number of furan rings is 1. The number of aliphatic imine (C=N–C) groups is 1. The molecule has 0 aliphatic heterocycles. The number of hydrogen-bond acceptors (Lipinski definition) is 4. The Bertz CT molecular complexity index is 3000. The molecule has 2 heterocycles. The van der Waals surface area contributed by atoms with Gasteiger partial charge in [0.1, 0.15) is 23.0 Å². The summed E-state index contributed by atoms with van der Waals surface area (Å²) >= 11 is 1.85. The molecule has 0 aliphatic rings. The second-order valence-electron chi connectivity index (χ2n) is 13.7. The fourth-order valence-corrected chi connectivity index (χ4v) is 8.79. The van der Waals surface area contributed by atoms with Gasteiger partial charge in [0.05, 0.1) is 0 Å². The Kier molecular flexibility index (Phi) is 9.46. The van der Waals surface area contributed by atoms with E-state index in [2.05, 4.69) is 145 Å². The maximum atomic E-state index is 6.70. The highest BCUT2D eigenvalue weighted by Gasteiger charge is 2.19. The second-order valence-corrected chi connectivity index (χ2v) is 14.8. The van der Waals surface area contributed by atoms with E-state index in [9.17, 15) is 0 Å². The molecule has 10 aromatic rings. The quantitative estimate of drug-likeness (QED) is 0.126. The summed E-state index contributed by atoms with van der Waals surface area (Å²) in [5, 5.41) is 4.72. The van der Waals surface area contributed by atoms with Crippen LogP contribution in [0.5, 0.6) is 0 Å². The minimum atomic E-state index is -0.315. The van der Waals surface area contributed by atoms with Crippen molar-refractivity contribution in [3.63, 3.8) is 0 Å². The minimum absolute atomic E-state index is 0.315. The Morgan fingerprint density at radius 2 is 1.11 bits per heavy atom. The number of fused-ring (bicyclic) bond motifs is 6. The normalized spacial score (nSPS) is 12.2. The summed E-state index contributed by atoms with van der Waals surface area (Å²) in [6.07, 6.45) is 0. The molecule has 1 atom stereocenters. The van der Waals surface area contributed by atoms with Crippen LogP contribution < -0.4 is 11.5 Å². The molecule has 4 N–H and O–H groups in total. The van der Waals surface area contributed by atoms with Crippen molar-refractivity contribution in [1.29, 1.82) is 0 Å². The summed E-state index contributed by atoms with van der Waals surface area (Å²) in [4.78, 5) is 5.17. The molecule has 0 bridgehead atoms. The standard InChI is InChI=1S/C50H34N2OS.CH5N/c51-50(35-13-5-2-6-14-35)52-49(39-25-27-45-42(31-39)41-17-7-8-19-44(41)53-45)34-23-21-33(22-24-34)40-18-10-20-47-48(40)43-30-38(26-28-46(43)54-47)37-16-9-15-36(29-37)32-11-3-1-4-12-32;1-2/h1-31,49H,(H2,51,52);2H2,1H3. The Balaban J connectivity index is 0.00000202. The molecule has 0 radical (unpaired) electrons. The monoisotopic (exact) mass is 741 g/mol. The Morgan fingerprint density at radius 3 is 1.91 bits per heavy atom. The highest BCUT2D eigenvalue weighted by atomic mass is 32.1. The van der Waals surface area contributed by atoms with E-state index in [4.69, 9.17) is 15.1 Å². The Morgan fingerprint density at radius 1 is 0.482 bits per heavy atom. The van der Waals surface area contributed by atoms with Crippen LogP contribution in [0.4, 0.5) is 0 Å². The molecular formula is C51H39N3OS. The van der Waals surface area contributed by atoms with Crippen LogP contribution in [0.1, 0.15) is 22.7 Å². The zero-order valence-corrected chi connectivity index (χ0v) is 31.7. The van der Waals surface area contributed by atoms with E-state index in [0.29, 0.717) is 5.84 Å². The lowest BCUT2D eigenvalue weighted by Gasteiger charge is -2.16. The smallest absolute Gasteiger partial charge is 0.135 e. The molecule has 0 aliphatic carbocycles. The van der Waals surface area contributed by atoms with Gasteiger partial charge in [-0.05, 0) is 94.0 Å². The lowest BCUT2D eigenvalue weighted by molar-refractivity contribution is 0.668. The summed E-state index contributed by atoms with van der Waals surface area (Å²) < 4.78 is 8.72. The van der Waals surface area contributed by atoms with Crippen LogP contribution in [0.15, 0.2) is 197 Å². The summed E-state index contributed by atoms with van der Waals surface area (Å²) in [6.45, 7) is 0. The zero-order chi connectivity index (χ0) is 38.0. The molecule has 5 heteroatoms. The molecule has 2 aromatic heterocycles. The molecule has 1 unspecified atom stereocenters. The first-order valence-corrected chi connectivity index (χ1v) is 19.6. The van der Waals surface area contributed by atoms with E-state index in [1.54, 1.807) is 0 Å². The summed E-state index contributed by atoms with van der Waals surface area (Å²) in [5.41, 5.74) is 23.2. The predicted octanol–water partition coefficient (Wildman–Crippen LogP) is 13.0. The third-order valence-electron chi connectivity index (χ3n) is 10.4. The first-order valence-electron chi connectivity index (χ1n) is 18.8. The number of benzene rings is 8. The van der Waals surface area contributed by atoms with Crippen LogP contribution in [0.25, 0.3) is 75.5 Å². The first kappa shape index (κ1) is 34.9. The third kappa shape index (κ3) is 6.53. The van der Waals surface area contributed by atoms with Crippen LogP contribution in [0, 0.1) is 0 Å². The lowest BCUT2D eigenvalue weighted by Crippen LogP contribution is -2.15. The predicted molar refractivity (Wildman–Crippen MR) is 238 cm³/mol. The van der Waals surface area contributed by atoms with Gasteiger partial charge in [-0.3, -0.25) is 4.99 Å². The van der Waals surface area contributed by atoms with Crippen molar-refractivity contribution >= 4 is 59.3 Å².